The van der Waals surface area contributed by atoms with Crippen LogP contribution in [0.25, 0.3) is 0 Å². The van der Waals surface area contributed by atoms with E-state index in [1.807, 2.05) is 41.5 Å². The Labute approximate surface area is 236 Å². The lowest BCUT2D eigenvalue weighted by Gasteiger charge is -2.29. The number of hydrogen-bond donors (Lipinski definition) is 1. The predicted molar refractivity (Wildman–Crippen MR) is 147 cm³/mol. The average molecular weight is 568 g/mol. The maximum atomic E-state index is 12.7. The monoisotopic (exact) mass is 567 g/mol. The molecule has 1 rings (SSSR count). The van der Waals surface area contributed by atoms with E-state index < -0.39 is 29.9 Å². The van der Waals surface area contributed by atoms with Crippen molar-refractivity contribution in [3.05, 3.63) is 23.8 Å². The largest absolute Gasteiger partial charge is 0.513 e. The molecule has 0 spiro atoms. The summed E-state index contributed by atoms with van der Waals surface area (Å²) in [5, 5.41) is 0. The molecule has 226 valence electrons. The molecule has 11 heteroatoms. The van der Waals surface area contributed by atoms with Gasteiger partial charge in [0.1, 0.15) is 11.6 Å². The number of benzene rings is 1. The van der Waals surface area contributed by atoms with Crippen LogP contribution in [0.5, 0.6) is 11.5 Å². The van der Waals surface area contributed by atoms with Gasteiger partial charge in [0, 0.05) is 19.3 Å². The molecule has 0 amide bonds. The second-order valence-corrected chi connectivity index (χ2v) is 11.2. The molecular formula is C29H45NO10. The van der Waals surface area contributed by atoms with E-state index in [4.69, 9.17) is 34.2 Å². The Morgan fingerprint density at radius 3 is 1.88 bits per heavy atom. The molecule has 0 heterocycles. The number of ether oxygens (including phenoxy) is 6. The molecule has 0 aromatic heterocycles. The van der Waals surface area contributed by atoms with Crippen LogP contribution < -0.4 is 15.2 Å². The second-order valence-electron chi connectivity index (χ2n) is 11.2. The Morgan fingerprint density at radius 1 is 0.825 bits per heavy atom. The number of esters is 2. The van der Waals surface area contributed by atoms with Crippen molar-refractivity contribution in [2.24, 2.45) is 23.5 Å². The summed E-state index contributed by atoms with van der Waals surface area (Å²) in [6.45, 7) is 13.4. The van der Waals surface area contributed by atoms with E-state index in [0.29, 0.717) is 17.9 Å². The molecule has 1 aromatic carbocycles. The fourth-order valence-corrected chi connectivity index (χ4v) is 3.57. The molecule has 1 unspecified atom stereocenters. The van der Waals surface area contributed by atoms with E-state index in [1.165, 1.54) is 19.2 Å². The third kappa shape index (κ3) is 13.1. The topological polar surface area (TPSA) is 150 Å². The highest BCUT2D eigenvalue weighted by Crippen LogP contribution is 2.32. The van der Waals surface area contributed by atoms with Crippen LogP contribution in [0, 0.1) is 17.8 Å². The number of carbonyl (C=O) groups excluding carboxylic acids is 4. The summed E-state index contributed by atoms with van der Waals surface area (Å²) in [4.78, 5) is 49.4. The lowest BCUT2D eigenvalue weighted by molar-refractivity contribution is -0.155. The third-order valence-electron chi connectivity index (χ3n) is 5.49. The zero-order chi connectivity index (χ0) is 30.5. The van der Waals surface area contributed by atoms with Crippen LogP contribution >= 0.6 is 0 Å². The minimum Gasteiger partial charge on any atom is -0.468 e. The van der Waals surface area contributed by atoms with E-state index in [0.717, 1.165) is 0 Å². The molecule has 0 saturated heterocycles. The molecule has 0 aliphatic carbocycles. The molecule has 0 aliphatic rings. The highest BCUT2D eigenvalue weighted by atomic mass is 16.7. The fourth-order valence-electron chi connectivity index (χ4n) is 3.57. The van der Waals surface area contributed by atoms with Crippen LogP contribution in [-0.2, 0) is 35.0 Å². The first kappa shape index (κ1) is 34.7. The summed E-state index contributed by atoms with van der Waals surface area (Å²) < 4.78 is 31.1. The van der Waals surface area contributed by atoms with Gasteiger partial charge >= 0.3 is 24.2 Å². The summed E-state index contributed by atoms with van der Waals surface area (Å²) in [5.74, 6) is -0.816. The quantitative estimate of drug-likeness (QED) is 0.169. The Hall–Kier alpha value is -3.34. The van der Waals surface area contributed by atoms with Crippen LogP contribution in [0.1, 0.15) is 73.3 Å². The maximum absolute atomic E-state index is 12.7. The third-order valence-corrected chi connectivity index (χ3v) is 5.49. The summed E-state index contributed by atoms with van der Waals surface area (Å²) in [6.07, 6.45) is -1.81. The SMILES string of the molecule is COC(=O)C(N)(Cc1ccc(OC(=O)OCC(C)C)c(OC(=O)OCC(C)C)c1)C[C@H](C)OC(=O)CCC(C)C. The van der Waals surface area contributed by atoms with Gasteiger partial charge in [-0.25, -0.2) is 9.59 Å². The van der Waals surface area contributed by atoms with Crippen molar-refractivity contribution in [2.75, 3.05) is 20.3 Å². The lowest BCUT2D eigenvalue weighted by atomic mass is 9.86. The van der Waals surface area contributed by atoms with Crippen molar-refractivity contribution < 1.29 is 47.6 Å². The highest BCUT2D eigenvalue weighted by Gasteiger charge is 2.38. The zero-order valence-electron chi connectivity index (χ0n) is 24.9. The van der Waals surface area contributed by atoms with Gasteiger partial charge in [-0.3, -0.25) is 9.59 Å². The molecule has 0 aliphatic heterocycles. The van der Waals surface area contributed by atoms with Crippen molar-refractivity contribution >= 4 is 24.2 Å². The fraction of sp³-hybridized carbons (Fsp3) is 0.655. The maximum Gasteiger partial charge on any atom is 0.513 e. The van der Waals surface area contributed by atoms with Crippen molar-refractivity contribution in [1.82, 2.24) is 0 Å². The van der Waals surface area contributed by atoms with Gasteiger partial charge in [-0.2, -0.15) is 0 Å². The van der Waals surface area contributed by atoms with E-state index in [1.54, 1.807) is 13.0 Å². The average Bonchev–Trinajstić information content (AvgIpc) is 2.85. The van der Waals surface area contributed by atoms with Crippen molar-refractivity contribution in [2.45, 2.75) is 85.8 Å². The molecule has 0 saturated carbocycles. The Kier molecular flexibility index (Phi) is 14.5. The van der Waals surface area contributed by atoms with Crippen LogP contribution in [-0.4, -0.2) is 56.2 Å². The van der Waals surface area contributed by atoms with Gasteiger partial charge in [-0.05, 0) is 48.8 Å². The minimum atomic E-state index is -1.58. The lowest BCUT2D eigenvalue weighted by Crippen LogP contribution is -2.53. The van der Waals surface area contributed by atoms with Gasteiger partial charge in [0.2, 0.25) is 0 Å². The second kappa shape index (κ2) is 16.7. The molecule has 0 radical (unpaired) electrons. The first-order chi connectivity index (χ1) is 18.6. The van der Waals surface area contributed by atoms with E-state index in [2.05, 4.69) is 0 Å². The van der Waals surface area contributed by atoms with Crippen molar-refractivity contribution in [3.8, 4) is 11.5 Å². The zero-order valence-corrected chi connectivity index (χ0v) is 24.9. The van der Waals surface area contributed by atoms with Crippen LogP contribution in [0.4, 0.5) is 9.59 Å². The van der Waals surface area contributed by atoms with Crippen LogP contribution in [0.3, 0.4) is 0 Å². The highest BCUT2D eigenvalue weighted by molar-refractivity contribution is 5.81. The molecule has 2 N–H and O–H groups in total. The molecular weight excluding hydrogens is 522 g/mol. The van der Waals surface area contributed by atoms with Crippen molar-refractivity contribution in [1.29, 1.82) is 0 Å². The Balaban J connectivity index is 3.18. The number of methoxy groups -OCH3 is 1. The molecule has 2 atom stereocenters. The van der Waals surface area contributed by atoms with Gasteiger partial charge < -0.3 is 34.2 Å². The first-order valence-electron chi connectivity index (χ1n) is 13.5. The van der Waals surface area contributed by atoms with Gasteiger partial charge in [-0.15, -0.1) is 0 Å². The molecule has 1 aromatic rings. The molecule has 11 nitrogen and oxygen atoms in total. The standard InChI is InChI=1S/C29H45NO10/c1-18(2)9-12-25(31)38-21(7)14-29(30,26(32)35-8)15-22-10-11-23(39-27(33)36-16-19(3)4)24(13-22)40-28(34)37-17-20(5)6/h10-11,13,18-21H,9,12,14-17,30H2,1-8H3/t21-,29?/m0/s1. The predicted octanol–water partition coefficient (Wildman–Crippen LogP) is 5.20. The molecule has 0 bridgehead atoms. The minimum absolute atomic E-state index is 0.0283. The van der Waals surface area contributed by atoms with E-state index in [9.17, 15) is 19.2 Å². The number of nitrogens with two attached hydrogens (primary N) is 1. The Morgan fingerprint density at radius 2 is 1.38 bits per heavy atom. The van der Waals surface area contributed by atoms with Gasteiger partial charge in [0.25, 0.3) is 0 Å². The summed E-state index contributed by atoms with van der Waals surface area (Å²) in [5.41, 5.74) is 5.37. The summed E-state index contributed by atoms with van der Waals surface area (Å²) >= 11 is 0. The van der Waals surface area contributed by atoms with Crippen molar-refractivity contribution in [3.63, 3.8) is 0 Å². The van der Waals surface area contributed by atoms with Gasteiger partial charge in [0.05, 0.1) is 20.3 Å². The smallest absolute Gasteiger partial charge is 0.468 e. The normalized spacial score (nSPS) is 13.4. The molecule has 40 heavy (non-hydrogen) atoms. The number of hydrogen-bond acceptors (Lipinski definition) is 11. The van der Waals surface area contributed by atoms with E-state index in [-0.39, 0.29) is 61.8 Å². The summed E-state index contributed by atoms with van der Waals surface area (Å²) in [6, 6.07) is 4.36. The van der Waals surface area contributed by atoms with E-state index >= 15 is 0 Å². The van der Waals surface area contributed by atoms with Gasteiger partial charge in [0.15, 0.2) is 11.5 Å². The van der Waals surface area contributed by atoms with Crippen LogP contribution in [0.2, 0.25) is 0 Å². The number of rotatable bonds is 15. The summed E-state index contributed by atoms with van der Waals surface area (Å²) in [7, 11) is 1.21. The number of carbonyl (C=O) groups is 4. The Bertz CT molecular complexity index is 991. The first-order valence-corrected chi connectivity index (χ1v) is 13.5. The van der Waals surface area contributed by atoms with Crippen LogP contribution in [0.15, 0.2) is 18.2 Å². The molecule has 0 fully saturated rings. The van der Waals surface area contributed by atoms with Gasteiger partial charge in [-0.1, -0.05) is 47.6 Å².